The van der Waals surface area contributed by atoms with E-state index in [1.54, 1.807) is 10.8 Å². The van der Waals surface area contributed by atoms with E-state index in [1.807, 2.05) is 31.2 Å². The molecule has 8 heteroatoms. The van der Waals surface area contributed by atoms with Gasteiger partial charge >= 0.3 is 5.97 Å². The average molecular weight is 392 g/mol. The molecule has 0 aliphatic carbocycles. The van der Waals surface area contributed by atoms with Crippen molar-refractivity contribution in [3.8, 4) is 0 Å². The molecule has 1 amide bonds. The number of carboxylic acids is 1. The minimum atomic E-state index is -1.14. The molecule has 29 heavy (non-hydrogen) atoms. The van der Waals surface area contributed by atoms with Crippen molar-refractivity contribution in [3.63, 3.8) is 0 Å². The summed E-state index contributed by atoms with van der Waals surface area (Å²) in [5.74, 6) is -1.76. The number of allylic oxidation sites excluding steroid dienone is 1. The van der Waals surface area contributed by atoms with Crippen molar-refractivity contribution in [3.05, 3.63) is 89.0 Å². The van der Waals surface area contributed by atoms with E-state index in [1.165, 1.54) is 30.5 Å². The van der Waals surface area contributed by atoms with Crippen LogP contribution in [0.3, 0.4) is 0 Å². The number of halogens is 1. The third-order valence-electron chi connectivity index (χ3n) is 4.63. The summed E-state index contributed by atoms with van der Waals surface area (Å²) in [6, 6.07) is 12.5. The summed E-state index contributed by atoms with van der Waals surface area (Å²) in [7, 11) is 0. The second kappa shape index (κ2) is 7.23. The topological polar surface area (TPSA) is 96.2 Å². The monoisotopic (exact) mass is 392 g/mol. The van der Waals surface area contributed by atoms with Gasteiger partial charge in [-0.25, -0.2) is 13.9 Å². The lowest BCUT2D eigenvalue weighted by Crippen LogP contribution is -2.25. The van der Waals surface area contributed by atoms with Gasteiger partial charge in [-0.3, -0.25) is 4.79 Å². The second-order valence-electron chi connectivity index (χ2n) is 6.68. The molecule has 0 saturated carbocycles. The number of aromatic nitrogens is 2. The number of hydrogen-bond acceptors (Lipinski definition) is 4. The van der Waals surface area contributed by atoms with Gasteiger partial charge in [-0.1, -0.05) is 29.8 Å². The molecule has 0 radical (unpaired) electrons. The highest BCUT2D eigenvalue weighted by atomic mass is 19.1. The smallest absolute Gasteiger partial charge is 0.352 e. The van der Waals surface area contributed by atoms with Gasteiger partial charge in [0.1, 0.15) is 22.9 Å². The van der Waals surface area contributed by atoms with Crippen molar-refractivity contribution in [1.82, 2.24) is 9.78 Å². The SMILES string of the molecule is Cc1ccc([C@@H]2C=C(C(=O)O)Nc3c(C(=O)Nc4ccc(F)cc4)cnn32)cc1. The molecule has 4 rings (SSSR count). The summed E-state index contributed by atoms with van der Waals surface area (Å²) in [6.45, 7) is 1.96. The van der Waals surface area contributed by atoms with Crippen molar-refractivity contribution in [2.24, 2.45) is 0 Å². The van der Waals surface area contributed by atoms with Crippen molar-refractivity contribution in [1.29, 1.82) is 0 Å². The van der Waals surface area contributed by atoms with Crippen molar-refractivity contribution in [2.45, 2.75) is 13.0 Å². The Morgan fingerprint density at radius 1 is 1.14 bits per heavy atom. The lowest BCUT2D eigenvalue weighted by atomic mass is 10.0. The van der Waals surface area contributed by atoms with Crippen LogP contribution in [0.25, 0.3) is 0 Å². The van der Waals surface area contributed by atoms with E-state index in [0.717, 1.165) is 11.1 Å². The van der Waals surface area contributed by atoms with Gasteiger partial charge in [-0.05, 0) is 42.8 Å². The highest BCUT2D eigenvalue weighted by molar-refractivity contribution is 6.08. The Morgan fingerprint density at radius 2 is 1.83 bits per heavy atom. The highest BCUT2D eigenvalue weighted by Gasteiger charge is 2.29. The number of carboxylic acid groups (broad SMARTS) is 1. The average Bonchev–Trinajstić information content (AvgIpc) is 3.14. The maximum atomic E-state index is 13.1. The standard InChI is InChI=1S/C21H17FN4O3/c1-12-2-4-13(5-3-12)18-10-17(21(28)29)25-19-16(11-23-26(18)19)20(27)24-15-8-6-14(22)7-9-15/h2-11,18,25H,1H3,(H,24,27)(H,28,29)/t18-/m0/s1. The molecule has 1 aromatic heterocycles. The van der Waals surface area contributed by atoms with Gasteiger partial charge in [0.2, 0.25) is 0 Å². The van der Waals surface area contributed by atoms with Crippen LogP contribution in [-0.2, 0) is 4.79 Å². The summed E-state index contributed by atoms with van der Waals surface area (Å²) in [5, 5.41) is 19.2. The van der Waals surface area contributed by atoms with Crippen molar-refractivity contribution >= 4 is 23.4 Å². The largest absolute Gasteiger partial charge is 0.477 e. The fraction of sp³-hybridized carbons (Fsp3) is 0.0952. The number of nitrogens with zero attached hydrogens (tertiary/aromatic N) is 2. The molecule has 0 fully saturated rings. The minimum absolute atomic E-state index is 0.0422. The van der Waals surface area contributed by atoms with E-state index in [2.05, 4.69) is 15.7 Å². The van der Waals surface area contributed by atoms with Crippen LogP contribution in [0.1, 0.15) is 27.5 Å². The zero-order chi connectivity index (χ0) is 20.5. The molecule has 2 aromatic carbocycles. The lowest BCUT2D eigenvalue weighted by molar-refractivity contribution is -0.132. The van der Waals surface area contributed by atoms with Crippen molar-refractivity contribution < 1.29 is 19.1 Å². The highest BCUT2D eigenvalue weighted by Crippen LogP contribution is 2.32. The van der Waals surface area contributed by atoms with Crippen LogP contribution < -0.4 is 10.6 Å². The fourth-order valence-electron chi connectivity index (χ4n) is 3.12. The quantitative estimate of drug-likeness (QED) is 0.631. The molecule has 0 bridgehead atoms. The first-order valence-electron chi connectivity index (χ1n) is 8.85. The second-order valence-corrected chi connectivity index (χ2v) is 6.68. The van der Waals surface area contributed by atoms with E-state index >= 15 is 0 Å². The number of aliphatic carboxylic acids is 1. The molecule has 2 heterocycles. The van der Waals surface area contributed by atoms with Crippen LogP contribution in [-0.4, -0.2) is 26.8 Å². The van der Waals surface area contributed by atoms with Gasteiger partial charge in [0.05, 0.1) is 12.2 Å². The number of benzene rings is 2. The Morgan fingerprint density at radius 3 is 2.48 bits per heavy atom. The predicted octanol–water partition coefficient (Wildman–Crippen LogP) is 3.57. The number of carbonyl (C=O) groups is 2. The number of amides is 1. The number of anilines is 2. The number of rotatable bonds is 4. The van der Waals surface area contributed by atoms with Crippen LogP contribution in [0.2, 0.25) is 0 Å². The van der Waals surface area contributed by atoms with Gasteiger partial charge in [0.15, 0.2) is 0 Å². The summed E-state index contributed by atoms with van der Waals surface area (Å²) in [4.78, 5) is 24.4. The molecular weight excluding hydrogens is 375 g/mol. The predicted molar refractivity (Wildman–Crippen MR) is 105 cm³/mol. The Labute approximate surface area is 165 Å². The van der Waals surface area contributed by atoms with Crippen LogP contribution >= 0.6 is 0 Å². The molecule has 0 spiro atoms. The van der Waals surface area contributed by atoms with Gasteiger partial charge in [-0.15, -0.1) is 0 Å². The fourth-order valence-corrected chi connectivity index (χ4v) is 3.12. The molecule has 0 unspecified atom stereocenters. The molecule has 0 saturated heterocycles. The number of nitrogens with one attached hydrogen (secondary N) is 2. The number of fused-ring (bicyclic) bond motifs is 1. The van der Waals surface area contributed by atoms with Crippen LogP contribution in [0, 0.1) is 12.7 Å². The van der Waals surface area contributed by atoms with E-state index < -0.39 is 23.7 Å². The Balaban J connectivity index is 1.70. The molecule has 3 aromatic rings. The van der Waals surface area contributed by atoms with Crippen LogP contribution in [0.5, 0.6) is 0 Å². The first kappa shape index (κ1) is 18.4. The van der Waals surface area contributed by atoms with E-state index in [0.29, 0.717) is 5.69 Å². The van der Waals surface area contributed by atoms with E-state index in [-0.39, 0.29) is 17.1 Å². The third-order valence-corrected chi connectivity index (χ3v) is 4.63. The summed E-state index contributed by atoms with van der Waals surface area (Å²) < 4.78 is 14.6. The maximum Gasteiger partial charge on any atom is 0.352 e. The first-order valence-corrected chi connectivity index (χ1v) is 8.85. The van der Waals surface area contributed by atoms with E-state index in [9.17, 15) is 19.1 Å². The molecule has 1 aliphatic heterocycles. The molecule has 7 nitrogen and oxygen atoms in total. The Kier molecular flexibility index (Phi) is 4.59. The Hall–Kier alpha value is -3.94. The van der Waals surface area contributed by atoms with Gasteiger partial charge in [-0.2, -0.15) is 5.10 Å². The number of hydrogen-bond donors (Lipinski definition) is 3. The lowest BCUT2D eigenvalue weighted by Gasteiger charge is -2.24. The zero-order valence-electron chi connectivity index (χ0n) is 15.4. The number of carbonyl (C=O) groups excluding carboxylic acids is 1. The maximum absolute atomic E-state index is 13.1. The molecule has 146 valence electrons. The van der Waals surface area contributed by atoms with Gasteiger partial charge in [0, 0.05) is 5.69 Å². The summed E-state index contributed by atoms with van der Waals surface area (Å²) in [5.41, 5.74) is 2.46. The Bertz CT molecular complexity index is 1120. The normalized spacial score (nSPS) is 15.1. The van der Waals surface area contributed by atoms with Crippen LogP contribution in [0.4, 0.5) is 15.9 Å². The van der Waals surface area contributed by atoms with Gasteiger partial charge < -0.3 is 15.7 Å². The molecule has 1 aliphatic rings. The van der Waals surface area contributed by atoms with E-state index in [4.69, 9.17) is 0 Å². The zero-order valence-corrected chi connectivity index (χ0v) is 15.4. The molecular formula is C21H17FN4O3. The van der Waals surface area contributed by atoms with Crippen LogP contribution in [0.15, 0.2) is 66.5 Å². The molecule has 1 atom stereocenters. The minimum Gasteiger partial charge on any atom is -0.477 e. The van der Waals surface area contributed by atoms with Gasteiger partial charge in [0.25, 0.3) is 5.91 Å². The van der Waals surface area contributed by atoms with Crippen molar-refractivity contribution in [2.75, 3.05) is 10.6 Å². The summed E-state index contributed by atoms with van der Waals surface area (Å²) >= 11 is 0. The first-order chi connectivity index (χ1) is 13.9. The number of aryl methyl sites for hydroxylation is 1. The molecule has 3 N–H and O–H groups in total. The summed E-state index contributed by atoms with van der Waals surface area (Å²) in [6.07, 6.45) is 2.93. The third kappa shape index (κ3) is 3.60.